The van der Waals surface area contributed by atoms with Gasteiger partial charge in [-0.15, -0.1) is 0 Å². The zero-order valence-corrected chi connectivity index (χ0v) is 13.4. The summed E-state index contributed by atoms with van der Waals surface area (Å²) in [6.45, 7) is 0.570. The van der Waals surface area contributed by atoms with E-state index in [1.807, 2.05) is 0 Å². The van der Waals surface area contributed by atoms with Crippen LogP contribution in [0.25, 0.3) is 0 Å². The maximum Gasteiger partial charge on any atom is 0.282 e. The van der Waals surface area contributed by atoms with Crippen molar-refractivity contribution in [2.45, 2.75) is 25.3 Å². The van der Waals surface area contributed by atoms with Gasteiger partial charge >= 0.3 is 0 Å². The van der Waals surface area contributed by atoms with Gasteiger partial charge in [-0.1, -0.05) is 6.42 Å². The molecule has 0 aliphatic carbocycles. The highest BCUT2D eigenvalue weighted by Gasteiger charge is 2.36. The fourth-order valence-corrected chi connectivity index (χ4v) is 4.13. The van der Waals surface area contributed by atoms with E-state index in [1.54, 1.807) is 24.6 Å². The van der Waals surface area contributed by atoms with Gasteiger partial charge < -0.3 is 0 Å². The summed E-state index contributed by atoms with van der Waals surface area (Å²) < 4.78 is 28.5. The van der Waals surface area contributed by atoms with Crippen molar-refractivity contribution in [3.63, 3.8) is 0 Å². The summed E-state index contributed by atoms with van der Waals surface area (Å²) in [4.78, 5) is 0. The van der Waals surface area contributed by atoms with Gasteiger partial charge in [0.25, 0.3) is 10.2 Å². The number of nitrogens with zero attached hydrogens (tertiary/aromatic N) is 3. The summed E-state index contributed by atoms with van der Waals surface area (Å²) in [6.07, 6.45) is 4.52. The Bertz CT molecular complexity index is 514. The monoisotopic (exact) mass is 384 g/mol. The number of halogens is 1. The molecule has 0 saturated carbocycles. The van der Waals surface area contributed by atoms with Gasteiger partial charge in [0.15, 0.2) is 0 Å². The minimum Gasteiger partial charge on any atom is -0.280 e. The van der Waals surface area contributed by atoms with Gasteiger partial charge in [-0.2, -0.15) is 22.1 Å². The van der Waals surface area contributed by atoms with E-state index in [-0.39, 0.29) is 6.04 Å². The summed E-state index contributed by atoms with van der Waals surface area (Å²) in [5.41, 5.74) is 0.903. The van der Waals surface area contributed by atoms with E-state index < -0.39 is 10.2 Å². The molecule has 0 radical (unpaired) electrons. The fraction of sp³-hybridized carbons (Fsp3) is 0.700. The maximum atomic E-state index is 12.3. The number of rotatable bonds is 3. The summed E-state index contributed by atoms with van der Waals surface area (Å²) >= 11 is 2.18. The zero-order valence-electron chi connectivity index (χ0n) is 10.4. The first-order chi connectivity index (χ1) is 8.44. The van der Waals surface area contributed by atoms with Crippen LogP contribution in [0.4, 0.5) is 0 Å². The van der Waals surface area contributed by atoms with Crippen LogP contribution in [0.1, 0.15) is 31.0 Å². The predicted octanol–water partition coefficient (Wildman–Crippen LogP) is 1.35. The molecule has 1 aromatic heterocycles. The van der Waals surface area contributed by atoms with E-state index in [9.17, 15) is 8.42 Å². The van der Waals surface area contributed by atoms with Crippen LogP contribution in [0.5, 0.6) is 0 Å². The minimum atomic E-state index is -3.38. The molecule has 1 unspecified atom stereocenters. The molecule has 1 saturated heterocycles. The summed E-state index contributed by atoms with van der Waals surface area (Å²) in [6, 6.07) is -0.124. The van der Waals surface area contributed by atoms with Gasteiger partial charge in [0.05, 0.1) is 21.5 Å². The van der Waals surface area contributed by atoms with E-state index in [4.69, 9.17) is 0 Å². The van der Waals surface area contributed by atoms with Crippen molar-refractivity contribution >= 4 is 32.8 Å². The normalized spacial score (nSPS) is 22.6. The molecule has 1 aromatic rings. The van der Waals surface area contributed by atoms with E-state index >= 15 is 0 Å². The van der Waals surface area contributed by atoms with E-state index in [1.165, 1.54) is 4.31 Å². The van der Waals surface area contributed by atoms with Crippen molar-refractivity contribution in [1.82, 2.24) is 18.8 Å². The molecule has 2 heterocycles. The second-order valence-electron chi connectivity index (χ2n) is 4.54. The van der Waals surface area contributed by atoms with Crippen molar-refractivity contribution in [3.05, 3.63) is 15.5 Å². The Hall–Kier alpha value is -0.190. The van der Waals surface area contributed by atoms with Gasteiger partial charge in [0.2, 0.25) is 0 Å². The van der Waals surface area contributed by atoms with Crippen LogP contribution < -0.4 is 0 Å². The van der Waals surface area contributed by atoms with Crippen LogP contribution in [0.3, 0.4) is 0 Å². The lowest BCUT2D eigenvalue weighted by molar-refractivity contribution is 0.238. The number of hydrogen-bond donors (Lipinski definition) is 1. The summed E-state index contributed by atoms with van der Waals surface area (Å²) in [7, 11) is -0.240. The highest BCUT2D eigenvalue weighted by Crippen LogP contribution is 2.34. The third-order valence-corrected chi connectivity index (χ3v) is 5.98. The lowest BCUT2D eigenvalue weighted by atomic mass is 10.0. The quantitative estimate of drug-likeness (QED) is 0.800. The largest absolute Gasteiger partial charge is 0.282 e. The Morgan fingerprint density at radius 2 is 2.22 bits per heavy atom. The lowest BCUT2D eigenvalue weighted by Crippen LogP contribution is -2.44. The molecule has 6 nitrogen and oxygen atoms in total. The molecule has 0 amide bonds. The summed E-state index contributed by atoms with van der Waals surface area (Å²) in [5.74, 6) is 0. The molecule has 0 aromatic carbocycles. The standard InChI is InChI=1S/C10H17IN4O2S/c1-14(2)18(16,17)15-6-4-3-5-9(15)10-8(11)7-12-13-10/h7,9H,3-6H2,1-2H3,(H,12,13). The minimum absolute atomic E-state index is 0.124. The predicted molar refractivity (Wildman–Crippen MR) is 77.2 cm³/mol. The van der Waals surface area contributed by atoms with Gasteiger partial charge in [0.1, 0.15) is 0 Å². The first kappa shape index (κ1) is 14.2. The van der Waals surface area contributed by atoms with Gasteiger partial charge in [0, 0.05) is 20.6 Å². The Labute approximate surface area is 121 Å². The highest BCUT2D eigenvalue weighted by molar-refractivity contribution is 14.1. The fourth-order valence-electron chi connectivity index (χ4n) is 2.19. The molecule has 1 fully saturated rings. The van der Waals surface area contributed by atoms with Crippen molar-refractivity contribution in [2.24, 2.45) is 0 Å². The van der Waals surface area contributed by atoms with Crippen molar-refractivity contribution in [3.8, 4) is 0 Å². The van der Waals surface area contributed by atoms with Crippen LogP contribution in [0.2, 0.25) is 0 Å². The second kappa shape index (κ2) is 5.43. The van der Waals surface area contributed by atoms with E-state index in [0.29, 0.717) is 6.54 Å². The summed E-state index contributed by atoms with van der Waals surface area (Å²) in [5, 5.41) is 6.92. The molecule has 8 heteroatoms. The first-order valence-corrected chi connectivity index (χ1v) is 8.30. The average Bonchev–Trinajstić information content (AvgIpc) is 2.75. The maximum absolute atomic E-state index is 12.3. The molecule has 1 aliphatic rings. The third kappa shape index (κ3) is 2.56. The number of piperidine rings is 1. The first-order valence-electron chi connectivity index (χ1n) is 5.82. The molecule has 2 rings (SSSR count). The number of hydrogen-bond acceptors (Lipinski definition) is 3. The number of aromatic nitrogens is 2. The molecular formula is C10H17IN4O2S. The number of H-pyrrole nitrogens is 1. The second-order valence-corrected chi connectivity index (χ2v) is 7.80. The highest BCUT2D eigenvalue weighted by atomic mass is 127. The topological polar surface area (TPSA) is 69.3 Å². The molecule has 0 spiro atoms. The molecule has 18 heavy (non-hydrogen) atoms. The van der Waals surface area contributed by atoms with E-state index in [0.717, 1.165) is 28.5 Å². The molecule has 0 bridgehead atoms. The molecule has 1 N–H and O–H groups in total. The average molecular weight is 384 g/mol. The van der Waals surface area contributed by atoms with Crippen LogP contribution >= 0.6 is 22.6 Å². The Kier molecular flexibility index (Phi) is 4.29. The van der Waals surface area contributed by atoms with E-state index in [2.05, 4.69) is 32.8 Å². The van der Waals surface area contributed by atoms with Crippen LogP contribution in [-0.2, 0) is 10.2 Å². The van der Waals surface area contributed by atoms with Crippen molar-refractivity contribution < 1.29 is 8.42 Å². The Morgan fingerprint density at radius 1 is 1.50 bits per heavy atom. The molecule has 1 aliphatic heterocycles. The molecule has 102 valence electrons. The Morgan fingerprint density at radius 3 is 2.78 bits per heavy atom. The zero-order chi connectivity index (χ0) is 13.3. The third-order valence-electron chi connectivity index (χ3n) is 3.16. The Balaban J connectivity index is 2.36. The van der Waals surface area contributed by atoms with Crippen LogP contribution in [-0.4, -0.2) is 47.9 Å². The van der Waals surface area contributed by atoms with Crippen molar-refractivity contribution in [1.29, 1.82) is 0 Å². The smallest absolute Gasteiger partial charge is 0.280 e. The molecule has 1 atom stereocenters. The van der Waals surface area contributed by atoms with Gasteiger partial charge in [-0.05, 0) is 35.4 Å². The van der Waals surface area contributed by atoms with Crippen LogP contribution in [0, 0.1) is 3.57 Å². The number of aromatic amines is 1. The SMILES string of the molecule is CN(C)S(=O)(=O)N1CCCCC1c1[nH]ncc1I. The number of nitrogens with one attached hydrogen (secondary N) is 1. The molecular weight excluding hydrogens is 367 g/mol. The lowest BCUT2D eigenvalue weighted by Gasteiger charge is -2.35. The van der Waals surface area contributed by atoms with Crippen molar-refractivity contribution in [2.75, 3.05) is 20.6 Å². The van der Waals surface area contributed by atoms with Gasteiger partial charge in [-0.3, -0.25) is 5.10 Å². The van der Waals surface area contributed by atoms with Crippen LogP contribution in [0.15, 0.2) is 6.20 Å². The van der Waals surface area contributed by atoms with Gasteiger partial charge in [-0.25, -0.2) is 0 Å².